The van der Waals surface area contributed by atoms with Crippen LogP contribution in [-0.4, -0.2) is 5.11 Å². The monoisotopic (exact) mass is 340 g/mol. The van der Waals surface area contributed by atoms with E-state index in [9.17, 15) is 5.11 Å². The molecule has 0 radical (unpaired) electrons. The van der Waals surface area contributed by atoms with E-state index in [4.69, 9.17) is 0 Å². The maximum absolute atomic E-state index is 9.71. The average Bonchev–Trinajstić information content (AvgIpc) is 2.54. The molecule has 0 spiro atoms. The summed E-state index contributed by atoms with van der Waals surface area (Å²) in [5.74, 6) is 0. The van der Waals surface area contributed by atoms with Gasteiger partial charge in [-0.1, -0.05) is 46.3 Å². The van der Waals surface area contributed by atoms with Crippen LogP contribution in [-0.2, 0) is 19.4 Å². The maximum atomic E-state index is 9.71. The molecule has 3 aromatic rings. The molecule has 4 rings (SSSR count). The Kier molecular flexibility index (Phi) is 3.24. The van der Waals surface area contributed by atoms with Crippen molar-refractivity contribution in [3.63, 3.8) is 0 Å². The summed E-state index contributed by atoms with van der Waals surface area (Å²) in [5.41, 5.74) is 4.02. The quantitative estimate of drug-likeness (QED) is 0.609. The van der Waals surface area contributed by atoms with Crippen LogP contribution in [0, 0.1) is 0 Å². The van der Waals surface area contributed by atoms with Crippen molar-refractivity contribution in [2.45, 2.75) is 32.3 Å². The highest BCUT2D eigenvalue weighted by atomic mass is 79.9. The first-order valence-corrected chi connectivity index (χ1v) is 8.34. The van der Waals surface area contributed by atoms with Gasteiger partial charge >= 0.3 is 0 Å². The summed E-state index contributed by atoms with van der Waals surface area (Å²) in [7, 11) is 0. The van der Waals surface area contributed by atoms with Crippen LogP contribution in [0.5, 0.6) is 0 Å². The molecule has 0 aromatic heterocycles. The van der Waals surface area contributed by atoms with Crippen molar-refractivity contribution in [1.82, 2.24) is 0 Å². The molecule has 1 aliphatic carbocycles. The molecule has 106 valence electrons. The molecule has 0 unspecified atom stereocenters. The van der Waals surface area contributed by atoms with Crippen LogP contribution in [0.1, 0.15) is 29.5 Å². The first-order valence-electron chi connectivity index (χ1n) is 7.55. The van der Waals surface area contributed by atoms with E-state index in [1.165, 1.54) is 58.4 Å². The van der Waals surface area contributed by atoms with Gasteiger partial charge in [-0.25, -0.2) is 0 Å². The van der Waals surface area contributed by atoms with Crippen molar-refractivity contribution in [3.05, 3.63) is 57.6 Å². The molecule has 0 heterocycles. The van der Waals surface area contributed by atoms with E-state index in [-0.39, 0.29) is 6.61 Å². The molecule has 0 bridgehead atoms. The van der Waals surface area contributed by atoms with Gasteiger partial charge in [-0.3, -0.25) is 0 Å². The van der Waals surface area contributed by atoms with Gasteiger partial charge in [0.15, 0.2) is 0 Å². The van der Waals surface area contributed by atoms with Crippen LogP contribution in [0.15, 0.2) is 40.9 Å². The Bertz CT molecular complexity index is 851. The number of aryl methyl sites for hydroxylation is 2. The molecule has 0 saturated heterocycles. The molecule has 0 saturated carbocycles. The normalized spacial score (nSPS) is 14.6. The van der Waals surface area contributed by atoms with E-state index in [0.717, 1.165) is 10.0 Å². The predicted octanol–water partition coefficient (Wildman–Crippen LogP) is 5.13. The Morgan fingerprint density at radius 2 is 1.81 bits per heavy atom. The minimum Gasteiger partial charge on any atom is -0.392 e. The second-order valence-electron chi connectivity index (χ2n) is 5.86. The summed E-state index contributed by atoms with van der Waals surface area (Å²) in [6.45, 7) is 0.0833. The number of rotatable bonds is 1. The lowest BCUT2D eigenvalue weighted by Crippen LogP contribution is -2.03. The zero-order valence-electron chi connectivity index (χ0n) is 11.8. The Hall–Kier alpha value is -1.38. The predicted molar refractivity (Wildman–Crippen MR) is 91.7 cm³/mol. The molecule has 1 nitrogen and oxygen atoms in total. The summed E-state index contributed by atoms with van der Waals surface area (Å²) in [4.78, 5) is 0. The van der Waals surface area contributed by atoms with E-state index in [0.29, 0.717) is 0 Å². The molecule has 3 aromatic carbocycles. The van der Waals surface area contributed by atoms with Crippen molar-refractivity contribution in [2.75, 3.05) is 0 Å². The molecular weight excluding hydrogens is 324 g/mol. The van der Waals surface area contributed by atoms with Gasteiger partial charge in [0.2, 0.25) is 0 Å². The lowest BCUT2D eigenvalue weighted by Gasteiger charge is -2.20. The highest BCUT2D eigenvalue weighted by Gasteiger charge is 2.16. The molecule has 0 amide bonds. The second-order valence-corrected chi connectivity index (χ2v) is 6.72. The van der Waals surface area contributed by atoms with Crippen LogP contribution < -0.4 is 0 Å². The number of fused-ring (bicyclic) bond motifs is 5. The van der Waals surface area contributed by atoms with Crippen LogP contribution in [0.25, 0.3) is 21.5 Å². The molecule has 0 fully saturated rings. The third kappa shape index (κ3) is 2.01. The number of hydrogen-bond donors (Lipinski definition) is 1. The highest BCUT2D eigenvalue weighted by molar-refractivity contribution is 9.10. The van der Waals surface area contributed by atoms with Gasteiger partial charge in [-0.05, 0) is 70.0 Å². The third-order valence-corrected chi connectivity index (χ3v) is 5.35. The summed E-state index contributed by atoms with van der Waals surface area (Å²) >= 11 is 3.73. The topological polar surface area (TPSA) is 20.2 Å². The summed E-state index contributed by atoms with van der Waals surface area (Å²) < 4.78 is 1.12. The fourth-order valence-electron chi connectivity index (χ4n) is 3.69. The first-order chi connectivity index (χ1) is 10.3. The number of aliphatic hydroxyl groups excluding tert-OH is 1. The largest absolute Gasteiger partial charge is 0.392 e. The minimum absolute atomic E-state index is 0.0833. The Morgan fingerprint density at radius 3 is 2.67 bits per heavy atom. The lowest BCUT2D eigenvalue weighted by atomic mass is 9.86. The second kappa shape index (κ2) is 5.11. The zero-order chi connectivity index (χ0) is 14.4. The van der Waals surface area contributed by atoms with Gasteiger partial charge in [0, 0.05) is 4.47 Å². The van der Waals surface area contributed by atoms with Crippen molar-refractivity contribution in [3.8, 4) is 0 Å². The minimum atomic E-state index is 0.0833. The maximum Gasteiger partial charge on any atom is 0.0688 e. The highest BCUT2D eigenvalue weighted by Crippen LogP contribution is 2.38. The zero-order valence-corrected chi connectivity index (χ0v) is 13.4. The van der Waals surface area contributed by atoms with Gasteiger partial charge in [0.05, 0.1) is 6.61 Å². The molecule has 21 heavy (non-hydrogen) atoms. The number of benzene rings is 3. The van der Waals surface area contributed by atoms with Crippen molar-refractivity contribution < 1.29 is 5.11 Å². The van der Waals surface area contributed by atoms with Crippen LogP contribution in [0.4, 0.5) is 0 Å². The molecule has 2 heteroatoms. The summed E-state index contributed by atoms with van der Waals surface area (Å²) in [6, 6.07) is 13.0. The number of aliphatic hydroxyl groups is 1. The smallest absolute Gasteiger partial charge is 0.0688 e. The average molecular weight is 341 g/mol. The van der Waals surface area contributed by atoms with E-state index < -0.39 is 0 Å². The van der Waals surface area contributed by atoms with Crippen molar-refractivity contribution >= 4 is 37.5 Å². The number of hydrogen-bond acceptors (Lipinski definition) is 1. The van der Waals surface area contributed by atoms with Gasteiger partial charge in [0.25, 0.3) is 0 Å². The van der Waals surface area contributed by atoms with Crippen molar-refractivity contribution in [2.24, 2.45) is 0 Å². The van der Waals surface area contributed by atoms with Gasteiger partial charge in [-0.2, -0.15) is 0 Å². The lowest BCUT2D eigenvalue weighted by molar-refractivity contribution is 0.283. The Labute approximate surface area is 132 Å². The molecule has 0 aliphatic heterocycles. The van der Waals surface area contributed by atoms with Crippen LogP contribution in [0.3, 0.4) is 0 Å². The molecule has 1 N–H and O–H groups in total. The fourth-order valence-corrected chi connectivity index (χ4v) is 4.25. The summed E-state index contributed by atoms with van der Waals surface area (Å²) in [6.07, 6.45) is 4.95. The van der Waals surface area contributed by atoms with E-state index >= 15 is 0 Å². The van der Waals surface area contributed by atoms with E-state index in [1.807, 2.05) is 12.1 Å². The summed E-state index contributed by atoms with van der Waals surface area (Å²) in [5, 5.41) is 14.7. The van der Waals surface area contributed by atoms with Gasteiger partial charge in [0.1, 0.15) is 0 Å². The van der Waals surface area contributed by atoms with Crippen molar-refractivity contribution in [1.29, 1.82) is 0 Å². The fraction of sp³-hybridized carbons (Fsp3) is 0.263. The van der Waals surface area contributed by atoms with Gasteiger partial charge in [-0.15, -0.1) is 0 Å². The molecule has 1 aliphatic rings. The Morgan fingerprint density at radius 1 is 0.952 bits per heavy atom. The number of halogens is 1. The Balaban J connectivity index is 2.20. The SMILES string of the molecule is OCc1cccc2c(Br)cc3c4c(ccc3c12)CCCC4. The third-order valence-electron chi connectivity index (χ3n) is 4.70. The van der Waals surface area contributed by atoms with Crippen LogP contribution in [0.2, 0.25) is 0 Å². The standard InChI is InChI=1S/C19H17BrO/c20-18-10-17-14-6-2-1-4-12(14)8-9-15(17)19-13(11-21)5-3-7-16(18)19/h3,5,7-10,21H,1-2,4,6,11H2. The molecule has 0 atom stereocenters. The van der Waals surface area contributed by atoms with Crippen LogP contribution >= 0.6 is 15.9 Å². The molecular formula is C19H17BrO. The van der Waals surface area contributed by atoms with E-state index in [2.05, 4.69) is 40.2 Å². The van der Waals surface area contributed by atoms with Gasteiger partial charge < -0.3 is 5.11 Å². The first kappa shape index (κ1) is 13.3. The van der Waals surface area contributed by atoms with E-state index in [1.54, 1.807) is 0 Å².